The lowest BCUT2D eigenvalue weighted by molar-refractivity contribution is -0.384. The molecule has 0 saturated heterocycles. The summed E-state index contributed by atoms with van der Waals surface area (Å²) >= 11 is 7.62. The zero-order valence-corrected chi connectivity index (χ0v) is 17.0. The molecule has 4 rings (SSSR count). The number of nitro benzene ring substituents is 1. The van der Waals surface area contributed by atoms with Crippen molar-refractivity contribution in [1.82, 2.24) is 4.98 Å². The van der Waals surface area contributed by atoms with Gasteiger partial charge in [-0.05, 0) is 37.1 Å². The van der Waals surface area contributed by atoms with Crippen molar-refractivity contribution in [2.75, 3.05) is 18.1 Å². The normalized spacial score (nSPS) is 12.7. The fourth-order valence-corrected chi connectivity index (χ4v) is 4.11. The molecule has 0 radical (unpaired) electrons. The summed E-state index contributed by atoms with van der Waals surface area (Å²) in [5.74, 6) is 0.0368. The summed E-state index contributed by atoms with van der Waals surface area (Å²) in [4.78, 5) is 29.1. The number of anilines is 1. The van der Waals surface area contributed by atoms with E-state index in [1.807, 2.05) is 24.4 Å². The predicted molar refractivity (Wildman–Crippen MR) is 112 cm³/mol. The molecule has 0 N–H and O–H groups in total. The molecule has 0 bridgehead atoms. The lowest BCUT2D eigenvalue weighted by Crippen LogP contribution is -2.33. The maximum absolute atomic E-state index is 12.7. The van der Waals surface area contributed by atoms with Crippen molar-refractivity contribution >= 4 is 40.2 Å². The van der Waals surface area contributed by atoms with Gasteiger partial charge in [0, 0.05) is 35.3 Å². The molecule has 0 atom stereocenters. The number of carbonyl (C=O) groups excluding carboxylic acids is 1. The van der Waals surface area contributed by atoms with Crippen LogP contribution in [0.5, 0.6) is 5.75 Å². The third kappa shape index (κ3) is 3.94. The van der Waals surface area contributed by atoms with E-state index in [9.17, 15) is 14.9 Å². The van der Waals surface area contributed by atoms with Crippen LogP contribution in [0.25, 0.3) is 11.3 Å². The van der Waals surface area contributed by atoms with Crippen LogP contribution in [0.1, 0.15) is 10.6 Å². The van der Waals surface area contributed by atoms with Crippen LogP contribution in [-0.4, -0.2) is 29.0 Å². The first-order valence-electron chi connectivity index (χ1n) is 8.85. The molecule has 29 heavy (non-hydrogen) atoms. The third-order valence-corrected chi connectivity index (χ3v) is 5.74. The molecule has 3 aromatic rings. The number of nitro groups is 1. The van der Waals surface area contributed by atoms with Crippen LogP contribution in [0.3, 0.4) is 0 Å². The average Bonchev–Trinajstić information content (AvgIpc) is 3.32. The number of carbonyl (C=O) groups is 1. The number of halogens is 1. The number of benzene rings is 2. The summed E-state index contributed by atoms with van der Waals surface area (Å²) in [6.07, 6.45) is 0.760. The zero-order chi connectivity index (χ0) is 20.5. The van der Waals surface area contributed by atoms with E-state index in [-0.39, 0.29) is 29.0 Å². The number of hydrogen-bond donors (Lipinski definition) is 0. The minimum Gasteiger partial charge on any atom is -0.482 e. The summed E-state index contributed by atoms with van der Waals surface area (Å²) in [6, 6.07) is 9.86. The number of ether oxygens (including phenoxy) is 1. The number of amides is 1. The summed E-state index contributed by atoms with van der Waals surface area (Å²) in [5, 5.41) is 13.9. The molecule has 148 valence electrons. The molecule has 2 aromatic carbocycles. The third-order valence-electron chi connectivity index (χ3n) is 4.67. The van der Waals surface area contributed by atoms with Gasteiger partial charge in [-0.3, -0.25) is 14.9 Å². The maximum atomic E-state index is 12.7. The molecule has 0 spiro atoms. The quantitative estimate of drug-likeness (QED) is 0.435. The lowest BCUT2D eigenvalue weighted by Gasteiger charge is -2.18. The molecule has 9 heteroatoms. The van der Waals surface area contributed by atoms with Crippen LogP contribution in [0.4, 0.5) is 11.4 Å². The molecular formula is C20H16ClN3O4S. The fraction of sp³-hybridized carbons (Fsp3) is 0.200. The Morgan fingerprint density at radius 1 is 1.34 bits per heavy atom. The van der Waals surface area contributed by atoms with Crippen LogP contribution in [0.15, 0.2) is 41.8 Å². The number of hydrogen-bond acceptors (Lipinski definition) is 6. The largest absolute Gasteiger partial charge is 0.482 e. The Labute approximate surface area is 175 Å². The number of thiazole rings is 1. The van der Waals surface area contributed by atoms with Gasteiger partial charge in [0.2, 0.25) is 0 Å². The van der Waals surface area contributed by atoms with Gasteiger partial charge in [-0.25, -0.2) is 4.98 Å². The van der Waals surface area contributed by atoms with Crippen molar-refractivity contribution in [3.05, 3.63) is 67.5 Å². The fourth-order valence-electron chi connectivity index (χ4n) is 3.25. The van der Waals surface area contributed by atoms with Crippen LogP contribution in [-0.2, 0) is 11.2 Å². The molecule has 2 heterocycles. The van der Waals surface area contributed by atoms with Gasteiger partial charge in [0.1, 0.15) is 5.75 Å². The van der Waals surface area contributed by atoms with Gasteiger partial charge in [0.15, 0.2) is 6.61 Å². The summed E-state index contributed by atoms with van der Waals surface area (Å²) in [5.41, 5.74) is 3.81. The monoisotopic (exact) mass is 429 g/mol. The van der Waals surface area contributed by atoms with Crippen molar-refractivity contribution < 1.29 is 14.5 Å². The second-order valence-electron chi connectivity index (χ2n) is 6.55. The van der Waals surface area contributed by atoms with Crippen LogP contribution < -0.4 is 9.64 Å². The molecule has 0 fully saturated rings. The molecule has 1 aromatic heterocycles. The van der Waals surface area contributed by atoms with E-state index in [1.165, 1.54) is 18.2 Å². The number of rotatable bonds is 5. The Balaban J connectivity index is 1.45. The van der Waals surface area contributed by atoms with E-state index in [0.29, 0.717) is 6.54 Å². The minimum atomic E-state index is -0.539. The van der Waals surface area contributed by atoms with Crippen molar-refractivity contribution in [1.29, 1.82) is 0 Å². The van der Waals surface area contributed by atoms with Gasteiger partial charge in [0.05, 0.1) is 20.6 Å². The van der Waals surface area contributed by atoms with Gasteiger partial charge >= 0.3 is 0 Å². The number of fused-ring (bicyclic) bond motifs is 1. The van der Waals surface area contributed by atoms with E-state index in [4.69, 9.17) is 16.3 Å². The van der Waals surface area contributed by atoms with Crippen molar-refractivity contribution in [2.24, 2.45) is 0 Å². The van der Waals surface area contributed by atoms with E-state index < -0.39 is 4.92 Å². The van der Waals surface area contributed by atoms with Gasteiger partial charge < -0.3 is 9.64 Å². The Bertz CT molecular complexity index is 1110. The zero-order valence-electron chi connectivity index (χ0n) is 15.4. The molecule has 1 aliphatic rings. The first-order chi connectivity index (χ1) is 13.9. The van der Waals surface area contributed by atoms with Gasteiger partial charge in [-0.1, -0.05) is 17.7 Å². The Morgan fingerprint density at radius 2 is 2.17 bits per heavy atom. The molecule has 0 aliphatic carbocycles. The van der Waals surface area contributed by atoms with E-state index in [2.05, 4.69) is 11.1 Å². The standard InChI is InChI=1S/C20H16ClN3O4S/c1-12-22-17(11-29-12)13-2-4-18-14(8-13)6-7-23(18)20(25)10-28-19-5-3-15(24(26)27)9-16(19)21/h2-5,8-9,11H,6-7,10H2,1H3. The van der Waals surface area contributed by atoms with E-state index >= 15 is 0 Å². The van der Waals surface area contributed by atoms with Crippen molar-refractivity contribution in [3.8, 4) is 17.0 Å². The Kier molecular flexibility index (Phi) is 5.21. The minimum absolute atomic E-state index is 0.0945. The van der Waals surface area contributed by atoms with Gasteiger partial charge in [-0.15, -0.1) is 11.3 Å². The second kappa shape index (κ2) is 7.81. The molecule has 1 aliphatic heterocycles. The van der Waals surface area contributed by atoms with Crippen LogP contribution in [0, 0.1) is 17.0 Å². The molecule has 0 unspecified atom stereocenters. The first-order valence-corrected chi connectivity index (χ1v) is 10.1. The topological polar surface area (TPSA) is 85.6 Å². The highest BCUT2D eigenvalue weighted by Crippen LogP contribution is 2.33. The first kappa shape index (κ1) is 19.4. The second-order valence-corrected chi connectivity index (χ2v) is 8.02. The Morgan fingerprint density at radius 3 is 2.86 bits per heavy atom. The number of nitrogens with zero attached hydrogens (tertiary/aromatic N) is 3. The number of aromatic nitrogens is 1. The van der Waals surface area contributed by atoms with E-state index in [1.54, 1.807) is 16.2 Å². The smallest absolute Gasteiger partial charge is 0.271 e. The van der Waals surface area contributed by atoms with Gasteiger partial charge in [0.25, 0.3) is 11.6 Å². The van der Waals surface area contributed by atoms with Crippen LogP contribution >= 0.6 is 22.9 Å². The summed E-state index contributed by atoms with van der Waals surface area (Å²) in [6.45, 7) is 2.34. The predicted octanol–water partition coefficient (Wildman–Crippen LogP) is 4.65. The molecule has 7 nitrogen and oxygen atoms in total. The summed E-state index contributed by atoms with van der Waals surface area (Å²) < 4.78 is 5.50. The highest BCUT2D eigenvalue weighted by molar-refractivity contribution is 7.09. The molecule has 1 amide bonds. The Hall–Kier alpha value is -2.97. The number of aryl methyl sites for hydroxylation is 1. The lowest BCUT2D eigenvalue weighted by atomic mass is 10.1. The SMILES string of the molecule is Cc1nc(-c2ccc3c(c2)CCN3C(=O)COc2ccc([N+](=O)[O-])cc2Cl)cs1. The van der Waals surface area contributed by atoms with E-state index in [0.717, 1.165) is 33.9 Å². The molecule has 0 saturated carbocycles. The molecular weight excluding hydrogens is 414 g/mol. The highest BCUT2D eigenvalue weighted by Gasteiger charge is 2.25. The highest BCUT2D eigenvalue weighted by atomic mass is 35.5. The summed E-state index contributed by atoms with van der Waals surface area (Å²) in [7, 11) is 0. The maximum Gasteiger partial charge on any atom is 0.271 e. The number of non-ortho nitro benzene ring substituents is 1. The van der Waals surface area contributed by atoms with Crippen LogP contribution in [0.2, 0.25) is 5.02 Å². The average molecular weight is 430 g/mol. The van der Waals surface area contributed by atoms with Gasteiger partial charge in [-0.2, -0.15) is 0 Å². The van der Waals surface area contributed by atoms with Crippen molar-refractivity contribution in [3.63, 3.8) is 0 Å². The van der Waals surface area contributed by atoms with Crippen molar-refractivity contribution in [2.45, 2.75) is 13.3 Å².